The summed E-state index contributed by atoms with van der Waals surface area (Å²) in [6, 6.07) is 5.11. The second-order valence-corrected chi connectivity index (χ2v) is 10.1. The van der Waals surface area contributed by atoms with Crippen LogP contribution in [0.15, 0.2) is 29.4 Å². The van der Waals surface area contributed by atoms with Crippen molar-refractivity contribution in [2.45, 2.75) is 38.1 Å². The van der Waals surface area contributed by atoms with Crippen LogP contribution >= 0.6 is 0 Å². The third-order valence-electron chi connectivity index (χ3n) is 6.85. The topological polar surface area (TPSA) is 117 Å². The molecular weight excluding hydrogens is 500 g/mol. The van der Waals surface area contributed by atoms with Crippen LogP contribution in [-0.2, 0) is 11.8 Å². The van der Waals surface area contributed by atoms with E-state index in [-0.39, 0.29) is 36.8 Å². The maximum Gasteiger partial charge on any atom is 0.267 e. The van der Waals surface area contributed by atoms with Crippen molar-refractivity contribution >= 4 is 35.3 Å². The number of methoxy groups -OCH3 is 1. The number of fused-ring (bicyclic) bond motifs is 2. The first-order valence-electron chi connectivity index (χ1n) is 13.4. The number of benzene rings is 1. The first-order valence-corrected chi connectivity index (χ1v) is 13.4. The minimum Gasteiger partial charge on any atom is -0.493 e. The van der Waals surface area contributed by atoms with E-state index in [1.54, 1.807) is 36.0 Å². The molecule has 210 valence electrons. The summed E-state index contributed by atoms with van der Waals surface area (Å²) in [5.74, 6) is 0.541. The molecule has 0 aliphatic carbocycles. The van der Waals surface area contributed by atoms with Gasteiger partial charge in [-0.3, -0.25) is 19.4 Å². The number of ether oxygens (including phenoxy) is 2. The number of hydrogen-bond acceptors (Lipinski definition) is 7. The highest BCUT2D eigenvalue weighted by molar-refractivity contribution is 6.03. The van der Waals surface area contributed by atoms with Gasteiger partial charge in [0.2, 0.25) is 5.91 Å². The smallest absolute Gasteiger partial charge is 0.267 e. The minimum absolute atomic E-state index is 0.0296. The summed E-state index contributed by atoms with van der Waals surface area (Å²) >= 11 is 0. The van der Waals surface area contributed by atoms with Gasteiger partial charge < -0.3 is 34.5 Å². The average Bonchev–Trinajstić information content (AvgIpc) is 3.50. The molecule has 2 aliphatic heterocycles. The molecule has 0 radical (unpaired) electrons. The third-order valence-corrected chi connectivity index (χ3v) is 6.85. The van der Waals surface area contributed by atoms with Gasteiger partial charge in [0.1, 0.15) is 5.69 Å². The van der Waals surface area contributed by atoms with E-state index in [9.17, 15) is 14.4 Å². The lowest BCUT2D eigenvalue weighted by molar-refractivity contribution is -0.116. The van der Waals surface area contributed by atoms with Crippen molar-refractivity contribution in [1.82, 2.24) is 19.7 Å². The van der Waals surface area contributed by atoms with Gasteiger partial charge in [0, 0.05) is 45.0 Å². The van der Waals surface area contributed by atoms with Crippen LogP contribution in [0.1, 0.15) is 53.0 Å². The van der Waals surface area contributed by atoms with E-state index in [1.807, 2.05) is 25.2 Å². The molecule has 0 saturated carbocycles. The molecule has 4 rings (SSSR count). The molecule has 1 fully saturated rings. The zero-order chi connectivity index (χ0) is 27.9. The lowest BCUT2D eigenvalue weighted by Gasteiger charge is -2.20. The summed E-state index contributed by atoms with van der Waals surface area (Å²) in [6.45, 7) is 2.49. The van der Waals surface area contributed by atoms with Crippen molar-refractivity contribution in [3.63, 3.8) is 0 Å². The van der Waals surface area contributed by atoms with Gasteiger partial charge in [-0.2, -0.15) is 0 Å². The Morgan fingerprint density at radius 3 is 2.77 bits per heavy atom. The van der Waals surface area contributed by atoms with E-state index in [1.165, 1.54) is 7.11 Å². The monoisotopic (exact) mass is 538 g/mol. The van der Waals surface area contributed by atoms with Crippen LogP contribution < -0.4 is 20.1 Å². The van der Waals surface area contributed by atoms with E-state index in [2.05, 4.69) is 20.5 Å². The van der Waals surface area contributed by atoms with Crippen LogP contribution in [-0.4, -0.2) is 91.8 Å². The Morgan fingerprint density at radius 2 is 2.00 bits per heavy atom. The summed E-state index contributed by atoms with van der Waals surface area (Å²) < 4.78 is 13.1. The molecule has 1 saturated heterocycles. The van der Waals surface area contributed by atoms with Gasteiger partial charge in [-0.05, 0) is 58.5 Å². The van der Waals surface area contributed by atoms with E-state index in [0.717, 1.165) is 32.4 Å². The van der Waals surface area contributed by atoms with Crippen molar-refractivity contribution in [1.29, 1.82) is 0 Å². The van der Waals surface area contributed by atoms with E-state index in [4.69, 9.17) is 9.47 Å². The second kappa shape index (κ2) is 12.8. The Bertz CT molecular complexity index is 1240. The number of carbonyl (C=O) groups excluding carboxylic acids is 3. The molecule has 2 aromatic rings. The van der Waals surface area contributed by atoms with Gasteiger partial charge in [-0.15, -0.1) is 0 Å². The summed E-state index contributed by atoms with van der Waals surface area (Å²) in [7, 11) is 7.29. The van der Waals surface area contributed by atoms with Crippen LogP contribution in [0.25, 0.3) is 0 Å². The van der Waals surface area contributed by atoms with E-state index < -0.39 is 0 Å². The average molecular weight is 539 g/mol. The second-order valence-electron chi connectivity index (χ2n) is 10.1. The van der Waals surface area contributed by atoms with E-state index in [0.29, 0.717) is 47.1 Å². The Labute approximate surface area is 229 Å². The summed E-state index contributed by atoms with van der Waals surface area (Å²) in [6.07, 6.45) is 7.01. The largest absolute Gasteiger partial charge is 0.493 e. The Hall–Kier alpha value is -3.86. The quantitative estimate of drug-likeness (QED) is 0.402. The molecule has 3 heterocycles. The van der Waals surface area contributed by atoms with Crippen molar-refractivity contribution < 1.29 is 23.9 Å². The molecule has 1 aromatic heterocycles. The highest BCUT2D eigenvalue weighted by Crippen LogP contribution is 2.38. The number of carbonyl (C=O) groups is 3. The Balaban J connectivity index is 1.27. The normalized spacial score (nSPS) is 16.1. The fraction of sp³-hybridized carbons (Fsp3) is 0.500. The molecule has 0 unspecified atom stereocenters. The highest BCUT2D eigenvalue weighted by Gasteiger charge is 2.32. The van der Waals surface area contributed by atoms with Gasteiger partial charge >= 0.3 is 0 Å². The third kappa shape index (κ3) is 6.97. The van der Waals surface area contributed by atoms with Crippen LogP contribution in [0.5, 0.6) is 11.5 Å². The fourth-order valence-corrected chi connectivity index (χ4v) is 4.81. The van der Waals surface area contributed by atoms with Crippen molar-refractivity contribution in [2.75, 3.05) is 52.8 Å². The molecule has 3 amide bonds. The molecule has 1 aromatic carbocycles. The molecule has 0 bridgehead atoms. The number of nitrogens with zero attached hydrogens (tertiary/aromatic N) is 4. The molecule has 11 heteroatoms. The SMILES string of the molecule is COc1cc2c(cc1OCCCC(=O)Nc1cc(C(=O)NCCCN(C)C)n(C)c1)N=C[C@@H]1CCCN1C2=O. The first kappa shape index (κ1) is 28.2. The van der Waals surface area contributed by atoms with Gasteiger partial charge in [0.05, 0.1) is 36.7 Å². The van der Waals surface area contributed by atoms with Crippen LogP contribution in [0.3, 0.4) is 0 Å². The highest BCUT2D eigenvalue weighted by atomic mass is 16.5. The van der Waals surface area contributed by atoms with Crippen LogP contribution in [0.4, 0.5) is 11.4 Å². The number of aryl methyl sites for hydroxylation is 1. The number of hydrogen-bond donors (Lipinski definition) is 2. The van der Waals surface area contributed by atoms with E-state index >= 15 is 0 Å². The summed E-state index contributed by atoms with van der Waals surface area (Å²) in [5, 5.41) is 5.75. The molecule has 39 heavy (non-hydrogen) atoms. The molecule has 1 atom stereocenters. The van der Waals surface area contributed by atoms with Crippen molar-refractivity contribution in [3.05, 3.63) is 35.7 Å². The van der Waals surface area contributed by atoms with Crippen molar-refractivity contribution in [2.24, 2.45) is 12.0 Å². The summed E-state index contributed by atoms with van der Waals surface area (Å²) in [4.78, 5) is 46.4. The van der Waals surface area contributed by atoms with Crippen molar-refractivity contribution in [3.8, 4) is 11.5 Å². The zero-order valence-corrected chi connectivity index (χ0v) is 23.2. The lowest BCUT2D eigenvalue weighted by atomic mass is 10.1. The Kier molecular flexibility index (Phi) is 9.23. The summed E-state index contributed by atoms with van der Waals surface area (Å²) in [5.41, 5.74) is 2.11. The number of nitrogens with one attached hydrogen (secondary N) is 2. The molecule has 2 aliphatic rings. The molecule has 0 spiro atoms. The maximum absolute atomic E-state index is 13.0. The van der Waals surface area contributed by atoms with Gasteiger partial charge in [-0.1, -0.05) is 0 Å². The molecule has 2 N–H and O–H groups in total. The predicted molar refractivity (Wildman–Crippen MR) is 149 cm³/mol. The lowest BCUT2D eigenvalue weighted by Crippen LogP contribution is -2.35. The maximum atomic E-state index is 13.0. The molecule has 11 nitrogen and oxygen atoms in total. The zero-order valence-electron chi connectivity index (χ0n) is 23.2. The number of amides is 3. The molecular formula is C28H38N6O5. The number of anilines is 1. The van der Waals surface area contributed by atoms with Gasteiger partial charge in [0.25, 0.3) is 11.8 Å². The van der Waals surface area contributed by atoms with Gasteiger partial charge in [-0.25, -0.2) is 0 Å². The first-order chi connectivity index (χ1) is 18.8. The van der Waals surface area contributed by atoms with Gasteiger partial charge in [0.15, 0.2) is 11.5 Å². The number of aromatic nitrogens is 1. The standard InChI is InChI=1S/C28H38N6O5/c1-32(2)11-7-10-29-27(36)23-14-19(18-33(23)3)31-26(35)9-6-13-39-25-16-22-21(15-24(25)38-4)28(37)34-12-5-8-20(34)17-30-22/h14-18,20H,5-13H2,1-4H3,(H,29,36)(H,31,35)/t20-/m0/s1. The van der Waals surface area contributed by atoms with Crippen LogP contribution in [0, 0.1) is 0 Å². The minimum atomic E-state index is -0.175. The fourth-order valence-electron chi connectivity index (χ4n) is 4.81. The number of rotatable bonds is 12. The Morgan fingerprint density at radius 1 is 1.18 bits per heavy atom. The number of aliphatic imine (C=N–C) groups is 1. The van der Waals surface area contributed by atoms with Crippen LogP contribution in [0.2, 0.25) is 0 Å². The predicted octanol–water partition coefficient (Wildman–Crippen LogP) is 2.83.